The average Bonchev–Trinajstić information content (AvgIpc) is 2.63. The molecule has 1 N–H and O–H groups in total. The highest BCUT2D eigenvalue weighted by Gasteiger charge is 2.03. The fourth-order valence-electron chi connectivity index (χ4n) is 2.43. The molecule has 0 aliphatic rings. The predicted octanol–water partition coefficient (Wildman–Crippen LogP) is 4.45. The monoisotopic (exact) mass is 348 g/mol. The summed E-state index contributed by atoms with van der Waals surface area (Å²) >= 11 is 0. The molecule has 0 amide bonds. The van der Waals surface area contributed by atoms with Crippen molar-refractivity contribution in [2.24, 2.45) is 0 Å². The number of carbonyl (C=O) groups excluding carboxylic acids is 1. The van der Waals surface area contributed by atoms with Crippen molar-refractivity contribution >= 4 is 5.97 Å². The number of methoxy groups -OCH3 is 1. The second-order valence-electron chi connectivity index (χ2n) is 6.24. The highest BCUT2D eigenvalue weighted by atomic mass is 16.5. The first-order valence-electron chi connectivity index (χ1n) is 9.27. The van der Waals surface area contributed by atoms with Crippen LogP contribution in [-0.2, 0) is 16.0 Å². The number of hydrogen-bond acceptors (Lipinski definition) is 4. The van der Waals surface area contributed by atoms with Crippen LogP contribution in [0.4, 0.5) is 0 Å². The number of unbranched alkanes of at least 4 members (excludes halogenated alkanes) is 3. The molecule has 0 radical (unpaired) electrons. The molecule has 4 heteroatoms. The molecule has 1 aromatic rings. The Labute approximate surface area is 151 Å². The molecule has 0 fully saturated rings. The highest BCUT2D eigenvalue weighted by Crippen LogP contribution is 2.15. The molecule has 0 aliphatic heterocycles. The lowest BCUT2D eigenvalue weighted by molar-refractivity contribution is -0.140. The minimum atomic E-state index is -0.527. The van der Waals surface area contributed by atoms with Gasteiger partial charge in [-0.2, -0.15) is 0 Å². The lowest BCUT2D eigenvalue weighted by atomic mass is 10.1. The summed E-state index contributed by atoms with van der Waals surface area (Å²) in [5, 5.41) is 9.94. The second-order valence-corrected chi connectivity index (χ2v) is 6.24. The molecule has 0 heterocycles. The number of aliphatic hydroxyl groups excluding tert-OH is 1. The smallest absolute Gasteiger partial charge is 0.305 e. The molecule has 0 spiro atoms. The zero-order valence-electron chi connectivity index (χ0n) is 15.6. The third kappa shape index (κ3) is 10.6. The molecule has 0 saturated carbocycles. The highest BCUT2D eigenvalue weighted by molar-refractivity contribution is 5.69. The lowest BCUT2D eigenvalue weighted by Gasteiger charge is -2.11. The van der Waals surface area contributed by atoms with Crippen LogP contribution in [0.1, 0.15) is 57.4 Å². The molecule has 0 aromatic heterocycles. The number of carbonyl (C=O) groups is 1. The van der Waals surface area contributed by atoms with E-state index in [2.05, 4.69) is 23.8 Å². The third-order valence-electron chi connectivity index (χ3n) is 3.99. The average molecular weight is 348 g/mol. The van der Waals surface area contributed by atoms with Crippen LogP contribution in [-0.4, -0.2) is 30.9 Å². The standard InChI is InChI=1S/C21H32O4/c1-3-4-7-10-18-13-15-20(16-14-18)25-17-19(22)11-8-5-6-9-12-21(23)24-2/h5,8,13-16,19,22H,3-4,6-7,9-12,17H2,1-2H3/b8-5+. The fourth-order valence-corrected chi connectivity index (χ4v) is 2.43. The van der Waals surface area contributed by atoms with Crippen molar-refractivity contribution in [2.75, 3.05) is 13.7 Å². The van der Waals surface area contributed by atoms with Crippen LogP contribution >= 0.6 is 0 Å². The minimum absolute atomic E-state index is 0.182. The van der Waals surface area contributed by atoms with Crippen molar-refractivity contribution in [3.63, 3.8) is 0 Å². The minimum Gasteiger partial charge on any atom is -0.491 e. The Kier molecular flexibility index (Phi) is 11.4. The van der Waals surface area contributed by atoms with Crippen molar-refractivity contribution in [3.8, 4) is 5.75 Å². The van der Waals surface area contributed by atoms with Gasteiger partial charge in [0.1, 0.15) is 12.4 Å². The number of aryl methyl sites for hydroxylation is 1. The predicted molar refractivity (Wildman–Crippen MR) is 101 cm³/mol. The van der Waals surface area contributed by atoms with Crippen LogP contribution < -0.4 is 4.74 Å². The molecule has 1 unspecified atom stereocenters. The van der Waals surface area contributed by atoms with E-state index in [9.17, 15) is 9.90 Å². The van der Waals surface area contributed by atoms with E-state index < -0.39 is 6.10 Å². The summed E-state index contributed by atoms with van der Waals surface area (Å²) in [6.45, 7) is 2.49. The largest absolute Gasteiger partial charge is 0.491 e. The van der Waals surface area contributed by atoms with E-state index in [4.69, 9.17) is 4.74 Å². The van der Waals surface area contributed by atoms with Crippen LogP contribution in [0, 0.1) is 0 Å². The summed E-state index contributed by atoms with van der Waals surface area (Å²) in [5.74, 6) is 0.610. The summed E-state index contributed by atoms with van der Waals surface area (Å²) < 4.78 is 10.2. The molecule has 0 saturated heterocycles. The van der Waals surface area contributed by atoms with E-state index in [0.717, 1.165) is 25.0 Å². The van der Waals surface area contributed by atoms with Crippen LogP contribution in [0.15, 0.2) is 36.4 Å². The van der Waals surface area contributed by atoms with Gasteiger partial charge in [0.15, 0.2) is 0 Å². The molecule has 1 aromatic carbocycles. The quantitative estimate of drug-likeness (QED) is 0.325. The van der Waals surface area contributed by atoms with Gasteiger partial charge in [0.2, 0.25) is 0 Å². The zero-order chi connectivity index (χ0) is 18.3. The number of hydrogen-bond donors (Lipinski definition) is 1. The van der Waals surface area contributed by atoms with Crippen molar-refractivity contribution in [3.05, 3.63) is 42.0 Å². The van der Waals surface area contributed by atoms with E-state index in [1.165, 1.54) is 31.9 Å². The molecule has 140 valence electrons. The Balaban J connectivity index is 2.16. The van der Waals surface area contributed by atoms with Gasteiger partial charge in [0.25, 0.3) is 0 Å². The fraction of sp³-hybridized carbons (Fsp3) is 0.571. The molecule has 0 bridgehead atoms. The molecular weight excluding hydrogens is 316 g/mol. The Bertz CT molecular complexity index is 493. The summed E-state index contributed by atoms with van der Waals surface area (Å²) in [7, 11) is 1.40. The van der Waals surface area contributed by atoms with Crippen LogP contribution in [0.25, 0.3) is 0 Å². The van der Waals surface area contributed by atoms with Gasteiger partial charge < -0.3 is 14.6 Å². The Hall–Kier alpha value is -1.81. The topological polar surface area (TPSA) is 55.8 Å². The number of rotatable bonds is 13. The third-order valence-corrected chi connectivity index (χ3v) is 3.99. The first kappa shape index (κ1) is 21.2. The van der Waals surface area contributed by atoms with Gasteiger partial charge in [0, 0.05) is 6.42 Å². The van der Waals surface area contributed by atoms with Gasteiger partial charge >= 0.3 is 5.97 Å². The molecule has 25 heavy (non-hydrogen) atoms. The summed E-state index contributed by atoms with van der Waals surface area (Å²) in [6.07, 6.45) is 10.8. The Morgan fingerprint density at radius 3 is 2.60 bits per heavy atom. The van der Waals surface area contributed by atoms with Gasteiger partial charge in [-0.15, -0.1) is 0 Å². The van der Waals surface area contributed by atoms with Gasteiger partial charge in [-0.1, -0.05) is 44.1 Å². The van der Waals surface area contributed by atoms with Gasteiger partial charge in [0.05, 0.1) is 13.2 Å². The van der Waals surface area contributed by atoms with Gasteiger partial charge in [-0.3, -0.25) is 4.79 Å². The molecular formula is C21H32O4. The number of aliphatic hydroxyl groups is 1. The molecule has 1 atom stereocenters. The van der Waals surface area contributed by atoms with Crippen molar-refractivity contribution < 1.29 is 19.4 Å². The number of esters is 1. The van der Waals surface area contributed by atoms with E-state index in [-0.39, 0.29) is 12.6 Å². The zero-order valence-corrected chi connectivity index (χ0v) is 15.6. The van der Waals surface area contributed by atoms with E-state index >= 15 is 0 Å². The molecule has 1 rings (SSSR count). The molecule has 0 aliphatic carbocycles. The SMILES string of the molecule is CCCCCc1ccc(OCC(O)C/C=C/CCCC(=O)OC)cc1. The second kappa shape index (κ2) is 13.5. The number of benzene rings is 1. The maximum absolute atomic E-state index is 11.0. The maximum Gasteiger partial charge on any atom is 0.305 e. The van der Waals surface area contributed by atoms with Crippen molar-refractivity contribution in [1.29, 1.82) is 0 Å². The lowest BCUT2D eigenvalue weighted by Crippen LogP contribution is -2.16. The maximum atomic E-state index is 11.0. The number of allylic oxidation sites excluding steroid dienone is 1. The summed E-state index contributed by atoms with van der Waals surface area (Å²) in [6, 6.07) is 8.13. The summed E-state index contributed by atoms with van der Waals surface area (Å²) in [5.41, 5.74) is 1.33. The Morgan fingerprint density at radius 1 is 1.16 bits per heavy atom. The van der Waals surface area contributed by atoms with Crippen LogP contribution in [0.2, 0.25) is 0 Å². The van der Waals surface area contributed by atoms with Crippen LogP contribution in [0.5, 0.6) is 5.75 Å². The van der Waals surface area contributed by atoms with E-state index in [1.54, 1.807) is 0 Å². The van der Waals surface area contributed by atoms with E-state index in [0.29, 0.717) is 12.8 Å². The van der Waals surface area contributed by atoms with Crippen molar-refractivity contribution in [1.82, 2.24) is 0 Å². The van der Waals surface area contributed by atoms with E-state index in [1.807, 2.05) is 24.3 Å². The normalized spacial score (nSPS) is 12.3. The van der Waals surface area contributed by atoms with Gasteiger partial charge in [-0.05, 0) is 49.8 Å². The first-order valence-corrected chi connectivity index (χ1v) is 9.27. The Morgan fingerprint density at radius 2 is 1.92 bits per heavy atom. The number of ether oxygens (including phenoxy) is 2. The first-order chi connectivity index (χ1) is 12.2. The van der Waals surface area contributed by atoms with Crippen molar-refractivity contribution in [2.45, 2.75) is 64.4 Å². The molecule has 4 nitrogen and oxygen atoms in total. The van der Waals surface area contributed by atoms with Gasteiger partial charge in [-0.25, -0.2) is 0 Å². The van der Waals surface area contributed by atoms with Crippen LogP contribution in [0.3, 0.4) is 0 Å². The summed E-state index contributed by atoms with van der Waals surface area (Å²) in [4.78, 5) is 11.0.